The lowest BCUT2D eigenvalue weighted by Crippen LogP contribution is -2.46. The van der Waals surface area contributed by atoms with Gasteiger partial charge < -0.3 is 9.64 Å². The van der Waals surface area contributed by atoms with Crippen molar-refractivity contribution in [3.05, 3.63) is 59.2 Å². The number of benzene rings is 2. The third kappa shape index (κ3) is 5.12. The highest BCUT2D eigenvalue weighted by molar-refractivity contribution is 7.89. The molecule has 0 aromatic heterocycles. The van der Waals surface area contributed by atoms with Gasteiger partial charge in [-0.05, 0) is 98.7 Å². The molecule has 2 fully saturated rings. The zero-order valence-electron chi connectivity index (χ0n) is 20.6. The smallest absolute Gasteiger partial charge is 0.243 e. The highest BCUT2D eigenvalue weighted by atomic mass is 32.2. The zero-order valence-corrected chi connectivity index (χ0v) is 21.4. The quantitative estimate of drug-likeness (QED) is 0.601. The van der Waals surface area contributed by atoms with Crippen LogP contribution in [0.5, 0.6) is 5.75 Å². The van der Waals surface area contributed by atoms with Gasteiger partial charge >= 0.3 is 0 Å². The van der Waals surface area contributed by atoms with E-state index in [-0.39, 0.29) is 17.9 Å². The van der Waals surface area contributed by atoms with Crippen LogP contribution in [0.1, 0.15) is 55.2 Å². The molecule has 2 aliphatic heterocycles. The number of fused-ring (bicyclic) bond motifs is 1. The molecule has 2 aromatic rings. The third-order valence-corrected chi connectivity index (χ3v) is 9.92. The van der Waals surface area contributed by atoms with E-state index in [9.17, 15) is 13.2 Å². The van der Waals surface area contributed by atoms with Crippen molar-refractivity contribution in [2.75, 3.05) is 26.7 Å². The monoisotopic (exact) mass is 496 g/mol. The van der Waals surface area contributed by atoms with E-state index >= 15 is 0 Å². The average molecular weight is 497 g/mol. The molecule has 0 radical (unpaired) electrons. The van der Waals surface area contributed by atoms with Gasteiger partial charge in [0, 0.05) is 31.6 Å². The van der Waals surface area contributed by atoms with Crippen LogP contribution in [0, 0.1) is 5.92 Å². The van der Waals surface area contributed by atoms with Gasteiger partial charge in [-0.3, -0.25) is 4.79 Å². The molecule has 1 unspecified atom stereocenters. The molecule has 0 bridgehead atoms. The molecule has 1 aliphatic carbocycles. The normalized spacial score (nSPS) is 21.6. The number of likely N-dealkylation sites (tertiary alicyclic amines) is 1. The van der Waals surface area contributed by atoms with Crippen molar-refractivity contribution in [1.82, 2.24) is 9.21 Å². The van der Waals surface area contributed by atoms with Crippen LogP contribution in [0.15, 0.2) is 47.4 Å². The van der Waals surface area contributed by atoms with Gasteiger partial charge in [0.25, 0.3) is 0 Å². The summed E-state index contributed by atoms with van der Waals surface area (Å²) in [5.41, 5.74) is 3.65. The minimum atomic E-state index is -3.53. The van der Waals surface area contributed by atoms with Gasteiger partial charge in [-0.2, -0.15) is 4.31 Å². The number of aryl methyl sites for hydroxylation is 2. The Morgan fingerprint density at radius 2 is 1.71 bits per heavy atom. The maximum atomic E-state index is 13.4. The maximum Gasteiger partial charge on any atom is 0.243 e. The lowest BCUT2D eigenvalue weighted by molar-refractivity contribution is -0.137. The van der Waals surface area contributed by atoms with E-state index in [1.807, 2.05) is 30.3 Å². The Hall–Kier alpha value is -2.38. The van der Waals surface area contributed by atoms with E-state index in [0.717, 1.165) is 50.8 Å². The van der Waals surface area contributed by atoms with Crippen molar-refractivity contribution in [2.45, 2.75) is 68.7 Å². The van der Waals surface area contributed by atoms with Crippen LogP contribution in [0.4, 0.5) is 0 Å². The number of nitrogens with zero attached hydrogens (tertiary/aromatic N) is 2. The third-order valence-electron chi connectivity index (χ3n) is 8.03. The maximum absolute atomic E-state index is 13.4. The molecule has 3 aliphatic rings. The number of carbonyl (C=O) groups excluding carboxylic acids is 1. The molecule has 5 rings (SSSR count). The van der Waals surface area contributed by atoms with Gasteiger partial charge in [-0.15, -0.1) is 0 Å². The van der Waals surface area contributed by atoms with Gasteiger partial charge in [0.2, 0.25) is 15.9 Å². The van der Waals surface area contributed by atoms with E-state index in [0.29, 0.717) is 30.8 Å². The minimum absolute atomic E-state index is 0.101. The largest absolute Gasteiger partial charge is 0.497 e. The number of methoxy groups -OCH3 is 1. The summed E-state index contributed by atoms with van der Waals surface area (Å²) in [5, 5.41) is 0. The Kier molecular flexibility index (Phi) is 7.17. The predicted molar refractivity (Wildman–Crippen MR) is 136 cm³/mol. The van der Waals surface area contributed by atoms with E-state index < -0.39 is 10.0 Å². The molecule has 35 heavy (non-hydrogen) atoms. The highest BCUT2D eigenvalue weighted by Crippen LogP contribution is 2.31. The van der Waals surface area contributed by atoms with Crippen LogP contribution >= 0.6 is 0 Å². The summed E-state index contributed by atoms with van der Waals surface area (Å²) in [6.45, 7) is 1.61. The van der Waals surface area contributed by atoms with Gasteiger partial charge in [0.1, 0.15) is 5.75 Å². The number of sulfonamides is 1. The van der Waals surface area contributed by atoms with Crippen LogP contribution in [0.3, 0.4) is 0 Å². The van der Waals surface area contributed by atoms with Gasteiger partial charge in [0.05, 0.1) is 12.0 Å². The van der Waals surface area contributed by atoms with Crippen LogP contribution in [0.25, 0.3) is 0 Å². The van der Waals surface area contributed by atoms with Crippen molar-refractivity contribution in [3.8, 4) is 5.75 Å². The van der Waals surface area contributed by atoms with Gasteiger partial charge in [-0.1, -0.05) is 18.2 Å². The summed E-state index contributed by atoms with van der Waals surface area (Å²) in [6, 6.07) is 13.9. The number of hydrogen-bond donors (Lipinski definition) is 0. The minimum Gasteiger partial charge on any atom is -0.497 e. The van der Waals surface area contributed by atoms with E-state index in [1.54, 1.807) is 17.5 Å². The average Bonchev–Trinajstić information content (AvgIpc) is 3.36. The first kappa shape index (κ1) is 24.3. The van der Waals surface area contributed by atoms with E-state index in [2.05, 4.69) is 11.0 Å². The summed E-state index contributed by atoms with van der Waals surface area (Å²) in [4.78, 5) is 15.9. The number of amides is 1. The molecule has 2 aromatic carbocycles. The van der Waals surface area contributed by atoms with Crippen molar-refractivity contribution in [1.29, 1.82) is 0 Å². The highest BCUT2D eigenvalue weighted by Gasteiger charge is 2.37. The van der Waals surface area contributed by atoms with Crippen LogP contribution < -0.4 is 4.74 Å². The second-order valence-corrected chi connectivity index (χ2v) is 12.1. The molecule has 0 saturated carbocycles. The molecule has 2 saturated heterocycles. The number of rotatable bonds is 6. The molecule has 188 valence electrons. The standard InChI is InChI=1S/C28H36N2O4S/c1-34-26-10-4-6-21(19-26)18-25-9-5-15-30(25)28(31)23-13-16-29(17-14-23)35(32,33)27-12-11-22-7-2-3-8-24(22)20-27/h4,6,10-12,19-20,23,25H,2-3,5,7-9,13-18H2,1H3. The lowest BCUT2D eigenvalue weighted by Gasteiger charge is -2.34. The van der Waals surface area contributed by atoms with Gasteiger partial charge in [-0.25, -0.2) is 8.42 Å². The molecule has 6 nitrogen and oxygen atoms in total. The first-order chi connectivity index (χ1) is 17.0. The van der Waals surface area contributed by atoms with E-state index in [1.165, 1.54) is 23.1 Å². The molecular weight excluding hydrogens is 460 g/mol. The predicted octanol–water partition coefficient (Wildman–Crippen LogP) is 4.21. The molecule has 0 spiro atoms. The lowest BCUT2D eigenvalue weighted by atomic mass is 9.92. The van der Waals surface area contributed by atoms with Crippen molar-refractivity contribution < 1.29 is 17.9 Å². The summed E-state index contributed by atoms with van der Waals surface area (Å²) >= 11 is 0. The first-order valence-corrected chi connectivity index (χ1v) is 14.4. The molecule has 0 N–H and O–H groups in total. The second kappa shape index (κ2) is 10.3. The molecule has 1 atom stereocenters. The molecule has 2 heterocycles. The fourth-order valence-electron chi connectivity index (χ4n) is 6.01. The summed E-state index contributed by atoms with van der Waals surface area (Å²) in [7, 11) is -1.86. The molecular formula is C28H36N2O4S. The topological polar surface area (TPSA) is 66.9 Å². The number of hydrogen-bond acceptors (Lipinski definition) is 4. The number of ether oxygens (including phenoxy) is 1. The van der Waals surface area contributed by atoms with Crippen molar-refractivity contribution in [3.63, 3.8) is 0 Å². The van der Waals surface area contributed by atoms with Crippen molar-refractivity contribution >= 4 is 15.9 Å². The van der Waals surface area contributed by atoms with Crippen molar-refractivity contribution in [2.24, 2.45) is 5.92 Å². The summed E-state index contributed by atoms with van der Waals surface area (Å²) in [5.74, 6) is 0.933. The van der Waals surface area contributed by atoms with Crippen LogP contribution in [-0.2, 0) is 34.1 Å². The number of carbonyl (C=O) groups is 1. The second-order valence-electron chi connectivity index (χ2n) is 10.2. The Balaban J connectivity index is 1.21. The SMILES string of the molecule is COc1cccc(CC2CCCN2C(=O)C2CCN(S(=O)(=O)c3ccc4c(c3)CCCC4)CC2)c1. The van der Waals surface area contributed by atoms with Gasteiger partial charge in [0.15, 0.2) is 0 Å². The Labute approximate surface area is 209 Å². The Morgan fingerprint density at radius 1 is 0.943 bits per heavy atom. The summed E-state index contributed by atoms with van der Waals surface area (Å²) in [6.07, 6.45) is 8.34. The Morgan fingerprint density at radius 3 is 2.49 bits per heavy atom. The summed E-state index contributed by atoms with van der Waals surface area (Å²) < 4.78 is 33.6. The number of piperidine rings is 1. The molecule has 7 heteroatoms. The fourth-order valence-corrected chi connectivity index (χ4v) is 7.53. The Bertz CT molecular complexity index is 1170. The van der Waals surface area contributed by atoms with Crippen LogP contribution in [-0.4, -0.2) is 56.3 Å². The first-order valence-electron chi connectivity index (χ1n) is 13.0. The van der Waals surface area contributed by atoms with E-state index in [4.69, 9.17) is 4.74 Å². The van der Waals surface area contributed by atoms with Crippen LogP contribution in [0.2, 0.25) is 0 Å². The molecule has 1 amide bonds. The zero-order chi connectivity index (χ0) is 24.4. The fraction of sp³-hybridized carbons (Fsp3) is 0.536.